The van der Waals surface area contributed by atoms with Crippen molar-refractivity contribution in [3.63, 3.8) is 0 Å². The van der Waals surface area contributed by atoms with Crippen molar-refractivity contribution in [1.82, 2.24) is 4.90 Å². The summed E-state index contributed by atoms with van der Waals surface area (Å²) in [5.74, 6) is 0.913. The van der Waals surface area contributed by atoms with Crippen LogP contribution in [0.5, 0.6) is 5.75 Å². The van der Waals surface area contributed by atoms with Crippen molar-refractivity contribution in [2.45, 2.75) is 38.0 Å². The zero-order chi connectivity index (χ0) is 19.8. The highest BCUT2D eigenvalue weighted by molar-refractivity contribution is 8.15. The van der Waals surface area contributed by atoms with Gasteiger partial charge in [-0.25, -0.2) is 0 Å². The summed E-state index contributed by atoms with van der Waals surface area (Å²) in [6, 6.07) is 17.6. The molecule has 0 aromatic heterocycles. The number of carbonyl (C=O) groups is 1. The van der Waals surface area contributed by atoms with Crippen molar-refractivity contribution < 1.29 is 9.53 Å². The van der Waals surface area contributed by atoms with Crippen molar-refractivity contribution in [3.8, 4) is 5.75 Å². The van der Waals surface area contributed by atoms with Gasteiger partial charge < -0.3 is 4.74 Å². The summed E-state index contributed by atoms with van der Waals surface area (Å²) in [6.45, 7) is 2.62. The highest BCUT2D eigenvalue weighted by Gasteiger charge is 2.37. The molecule has 1 saturated heterocycles. The van der Waals surface area contributed by atoms with E-state index in [4.69, 9.17) is 4.74 Å². The molecule has 5 nitrogen and oxygen atoms in total. The number of methoxy groups -OCH3 is 1. The molecule has 0 N–H and O–H groups in total. The SMILES string of the molecule is CCCC[C@H]1S/C(=N\N=C/c2ccccc2)N(Cc2ccc(OC)cc2)C1=O. The first-order valence-electron chi connectivity index (χ1n) is 9.48. The molecule has 0 spiro atoms. The predicted molar refractivity (Wildman–Crippen MR) is 116 cm³/mol. The molecule has 0 bridgehead atoms. The molecule has 0 radical (unpaired) electrons. The van der Waals surface area contributed by atoms with Gasteiger partial charge in [0.1, 0.15) is 5.75 Å². The van der Waals surface area contributed by atoms with Crippen LogP contribution in [0.25, 0.3) is 0 Å². The van der Waals surface area contributed by atoms with Crippen molar-refractivity contribution in [2.75, 3.05) is 7.11 Å². The van der Waals surface area contributed by atoms with E-state index in [0.29, 0.717) is 11.7 Å². The molecule has 0 saturated carbocycles. The summed E-state index contributed by atoms with van der Waals surface area (Å²) in [4.78, 5) is 14.7. The lowest BCUT2D eigenvalue weighted by Gasteiger charge is -2.16. The third-order valence-electron chi connectivity index (χ3n) is 4.49. The van der Waals surface area contributed by atoms with Gasteiger partial charge in [-0.2, -0.15) is 5.10 Å². The number of hydrogen-bond donors (Lipinski definition) is 0. The van der Waals surface area contributed by atoms with E-state index in [0.717, 1.165) is 36.1 Å². The third-order valence-corrected chi connectivity index (χ3v) is 5.72. The van der Waals surface area contributed by atoms with E-state index in [2.05, 4.69) is 17.1 Å². The highest BCUT2D eigenvalue weighted by atomic mass is 32.2. The first kappa shape index (κ1) is 20.1. The quantitative estimate of drug-likeness (QED) is 0.480. The van der Waals surface area contributed by atoms with Gasteiger partial charge in [-0.1, -0.05) is 74.0 Å². The molecule has 0 aliphatic carbocycles. The zero-order valence-corrected chi connectivity index (χ0v) is 17.1. The molecular weight excluding hydrogens is 370 g/mol. The average Bonchev–Trinajstić information content (AvgIpc) is 3.02. The van der Waals surface area contributed by atoms with E-state index in [9.17, 15) is 4.79 Å². The molecule has 2 aromatic carbocycles. The lowest BCUT2D eigenvalue weighted by atomic mass is 10.1. The van der Waals surface area contributed by atoms with Crippen LogP contribution in [-0.2, 0) is 11.3 Å². The number of rotatable bonds is 8. The minimum absolute atomic E-state index is 0.0797. The second-order valence-electron chi connectivity index (χ2n) is 6.56. The van der Waals surface area contributed by atoms with Crippen molar-refractivity contribution in [3.05, 3.63) is 65.7 Å². The fraction of sp³-hybridized carbons (Fsp3) is 0.318. The van der Waals surface area contributed by atoms with E-state index < -0.39 is 0 Å². The topological polar surface area (TPSA) is 54.3 Å². The van der Waals surface area contributed by atoms with Gasteiger partial charge in [-0.05, 0) is 29.7 Å². The number of hydrogen-bond acceptors (Lipinski definition) is 5. The summed E-state index contributed by atoms with van der Waals surface area (Å²) >= 11 is 1.52. The maximum absolute atomic E-state index is 12.9. The molecule has 2 aromatic rings. The number of unbranched alkanes of at least 4 members (excludes halogenated alkanes) is 1. The smallest absolute Gasteiger partial charge is 0.242 e. The van der Waals surface area contributed by atoms with E-state index >= 15 is 0 Å². The Bertz CT molecular complexity index is 835. The summed E-state index contributed by atoms with van der Waals surface area (Å²) in [5, 5.41) is 9.17. The third kappa shape index (κ3) is 5.23. The number of carbonyl (C=O) groups excluding carboxylic acids is 1. The molecule has 3 rings (SSSR count). The van der Waals surface area contributed by atoms with Gasteiger partial charge in [0, 0.05) is 0 Å². The van der Waals surface area contributed by atoms with E-state index in [1.807, 2.05) is 54.6 Å². The van der Waals surface area contributed by atoms with Gasteiger partial charge >= 0.3 is 0 Å². The van der Waals surface area contributed by atoms with Crippen LogP contribution < -0.4 is 4.74 Å². The Hall–Kier alpha value is -2.60. The maximum atomic E-state index is 12.9. The minimum Gasteiger partial charge on any atom is -0.497 e. The fourth-order valence-electron chi connectivity index (χ4n) is 2.90. The Morgan fingerprint density at radius 1 is 1.14 bits per heavy atom. The second kappa shape index (κ2) is 10.1. The van der Waals surface area contributed by atoms with Crippen molar-refractivity contribution >= 4 is 29.1 Å². The van der Waals surface area contributed by atoms with E-state index in [1.54, 1.807) is 18.2 Å². The van der Waals surface area contributed by atoms with Crippen LogP contribution in [0.1, 0.15) is 37.3 Å². The lowest BCUT2D eigenvalue weighted by molar-refractivity contribution is -0.126. The largest absolute Gasteiger partial charge is 0.497 e. The molecule has 1 fully saturated rings. The normalized spacial score (nSPS) is 18.4. The fourth-order valence-corrected chi connectivity index (χ4v) is 4.05. The Morgan fingerprint density at radius 3 is 2.57 bits per heavy atom. The zero-order valence-electron chi connectivity index (χ0n) is 16.2. The summed E-state index contributed by atoms with van der Waals surface area (Å²) in [7, 11) is 1.64. The molecule has 1 atom stereocenters. The van der Waals surface area contributed by atoms with Gasteiger partial charge in [-0.3, -0.25) is 9.69 Å². The van der Waals surface area contributed by atoms with Gasteiger partial charge in [0.2, 0.25) is 5.91 Å². The van der Waals surface area contributed by atoms with Crippen molar-refractivity contribution in [1.29, 1.82) is 0 Å². The highest BCUT2D eigenvalue weighted by Crippen LogP contribution is 2.32. The number of nitrogens with zero attached hydrogens (tertiary/aromatic N) is 3. The molecule has 6 heteroatoms. The van der Waals surface area contributed by atoms with Gasteiger partial charge in [0.25, 0.3) is 0 Å². The van der Waals surface area contributed by atoms with Crippen molar-refractivity contribution in [2.24, 2.45) is 10.2 Å². The lowest BCUT2D eigenvalue weighted by Crippen LogP contribution is -2.31. The number of thioether (sulfide) groups is 1. The maximum Gasteiger partial charge on any atom is 0.242 e. The van der Waals surface area contributed by atoms with Gasteiger partial charge in [-0.15, -0.1) is 5.10 Å². The number of amidine groups is 1. The van der Waals surface area contributed by atoms with Crippen LogP contribution in [0.4, 0.5) is 0 Å². The molecule has 28 heavy (non-hydrogen) atoms. The van der Waals surface area contributed by atoms with Gasteiger partial charge in [0.05, 0.1) is 25.1 Å². The molecule has 1 amide bonds. The number of ether oxygens (including phenoxy) is 1. The standard InChI is InChI=1S/C22H25N3O2S/c1-3-4-10-20-21(26)25(16-18-11-13-19(27-2)14-12-18)22(28-20)24-23-15-17-8-6-5-7-9-17/h5-9,11-15,20H,3-4,10,16H2,1-2H3/b23-15-,24-22-/t20-/m1/s1. The molecule has 1 aliphatic heterocycles. The van der Waals surface area contributed by atoms with Crippen LogP contribution in [0.2, 0.25) is 0 Å². The Morgan fingerprint density at radius 2 is 1.89 bits per heavy atom. The van der Waals surface area contributed by atoms with Crippen LogP contribution in [0, 0.1) is 0 Å². The molecule has 0 unspecified atom stereocenters. The van der Waals surface area contributed by atoms with Crippen LogP contribution in [0.15, 0.2) is 64.8 Å². The van der Waals surface area contributed by atoms with Gasteiger partial charge in [0.15, 0.2) is 5.17 Å². The van der Waals surface area contributed by atoms with Crippen LogP contribution in [-0.4, -0.2) is 34.5 Å². The predicted octanol–water partition coefficient (Wildman–Crippen LogP) is 4.72. The van der Waals surface area contributed by atoms with Crippen LogP contribution in [0.3, 0.4) is 0 Å². The first-order valence-corrected chi connectivity index (χ1v) is 10.4. The molecule has 1 aliphatic rings. The molecule has 1 heterocycles. The Kier molecular flexibility index (Phi) is 7.25. The summed E-state index contributed by atoms with van der Waals surface area (Å²) in [6.07, 6.45) is 4.67. The first-order chi connectivity index (χ1) is 13.7. The summed E-state index contributed by atoms with van der Waals surface area (Å²) < 4.78 is 5.21. The average molecular weight is 396 g/mol. The van der Waals surface area contributed by atoms with Crippen LogP contribution >= 0.6 is 11.8 Å². The Balaban J connectivity index is 1.78. The second-order valence-corrected chi connectivity index (χ2v) is 7.73. The van der Waals surface area contributed by atoms with E-state index in [-0.39, 0.29) is 11.2 Å². The number of benzene rings is 2. The molecule has 146 valence electrons. The monoisotopic (exact) mass is 395 g/mol. The van der Waals surface area contributed by atoms with E-state index in [1.165, 1.54) is 11.8 Å². The Labute approximate surface area is 170 Å². The number of amides is 1. The minimum atomic E-state index is -0.0797. The molecular formula is C22H25N3O2S. The summed E-state index contributed by atoms with van der Waals surface area (Å²) in [5.41, 5.74) is 2.01.